The van der Waals surface area contributed by atoms with Crippen LogP contribution in [0.1, 0.15) is 5.69 Å². The zero-order valence-electron chi connectivity index (χ0n) is 11.3. The lowest BCUT2D eigenvalue weighted by atomic mass is 10.3. The maximum absolute atomic E-state index is 4.54. The van der Waals surface area contributed by atoms with E-state index >= 15 is 0 Å². The molecule has 0 aliphatic carbocycles. The third-order valence-corrected chi connectivity index (χ3v) is 3.93. The lowest BCUT2D eigenvalue weighted by Gasteiger charge is -1.96. The van der Waals surface area contributed by atoms with Crippen LogP contribution in [0.15, 0.2) is 24.7 Å². The van der Waals surface area contributed by atoms with Crippen molar-refractivity contribution in [1.82, 2.24) is 39.6 Å². The van der Waals surface area contributed by atoms with Crippen molar-refractivity contribution in [2.45, 2.75) is 6.92 Å². The maximum atomic E-state index is 4.54. The van der Waals surface area contributed by atoms with Gasteiger partial charge in [0.2, 0.25) is 10.8 Å². The zero-order valence-corrected chi connectivity index (χ0v) is 12.1. The van der Waals surface area contributed by atoms with Gasteiger partial charge in [0, 0.05) is 19.4 Å². The Morgan fingerprint density at radius 2 is 2.05 bits per heavy atom. The van der Waals surface area contributed by atoms with Gasteiger partial charge in [0.05, 0.1) is 11.9 Å². The molecule has 4 heterocycles. The first-order valence-corrected chi connectivity index (χ1v) is 7.03. The molecule has 0 atom stereocenters. The van der Waals surface area contributed by atoms with Crippen molar-refractivity contribution in [3.63, 3.8) is 0 Å². The van der Waals surface area contributed by atoms with Gasteiger partial charge >= 0.3 is 0 Å². The van der Waals surface area contributed by atoms with Crippen molar-refractivity contribution >= 4 is 16.3 Å². The SMILES string of the molecule is Cc1cc(-c2nnc3sc(-c4cnccn4)nn23)n(C)n1. The maximum Gasteiger partial charge on any atom is 0.235 e. The topological polar surface area (TPSA) is 86.7 Å². The lowest BCUT2D eigenvalue weighted by molar-refractivity contribution is 0.754. The fraction of sp³-hybridized carbons (Fsp3) is 0.167. The molecule has 104 valence electrons. The van der Waals surface area contributed by atoms with Gasteiger partial charge in [-0.15, -0.1) is 10.2 Å². The second-order valence-corrected chi connectivity index (χ2v) is 5.47. The van der Waals surface area contributed by atoms with Gasteiger partial charge < -0.3 is 0 Å². The van der Waals surface area contributed by atoms with E-state index in [2.05, 4.69) is 30.4 Å². The van der Waals surface area contributed by atoms with Gasteiger partial charge in [-0.05, 0) is 13.0 Å². The van der Waals surface area contributed by atoms with Crippen LogP contribution in [-0.4, -0.2) is 39.6 Å². The lowest BCUT2D eigenvalue weighted by Crippen LogP contribution is -1.98. The molecule has 4 rings (SSSR count). The molecule has 0 amide bonds. The first-order valence-electron chi connectivity index (χ1n) is 6.22. The Morgan fingerprint density at radius 1 is 1.14 bits per heavy atom. The number of hydrogen-bond acceptors (Lipinski definition) is 7. The van der Waals surface area contributed by atoms with Crippen molar-refractivity contribution in [2.75, 3.05) is 0 Å². The van der Waals surface area contributed by atoms with Crippen LogP contribution in [0.2, 0.25) is 0 Å². The highest BCUT2D eigenvalue weighted by molar-refractivity contribution is 7.19. The largest absolute Gasteiger partial charge is 0.264 e. The number of fused-ring (bicyclic) bond motifs is 1. The summed E-state index contributed by atoms with van der Waals surface area (Å²) in [6.07, 6.45) is 4.95. The summed E-state index contributed by atoms with van der Waals surface area (Å²) >= 11 is 1.42. The van der Waals surface area contributed by atoms with Gasteiger partial charge in [0.1, 0.15) is 11.4 Å². The van der Waals surface area contributed by atoms with Crippen molar-refractivity contribution in [3.05, 3.63) is 30.4 Å². The number of aryl methyl sites for hydroxylation is 2. The van der Waals surface area contributed by atoms with E-state index in [1.54, 1.807) is 27.8 Å². The molecule has 0 aromatic carbocycles. The highest BCUT2D eigenvalue weighted by Crippen LogP contribution is 2.26. The first kappa shape index (κ1) is 12.1. The van der Waals surface area contributed by atoms with Crippen LogP contribution < -0.4 is 0 Å². The molecular formula is C12H10N8S. The highest BCUT2D eigenvalue weighted by Gasteiger charge is 2.17. The molecule has 0 radical (unpaired) electrons. The molecule has 0 N–H and O–H groups in total. The van der Waals surface area contributed by atoms with E-state index in [9.17, 15) is 0 Å². The third-order valence-electron chi connectivity index (χ3n) is 3.00. The summed E-state index contributed by atoms with van der Waals surface area (Å²) in [5.41, 5.74) is 2.52. The molecule has 4 aromatic heterocycles. The molecule has 8 nitrogen and oxygen atoms in total. The minimum Gasteiger partial charge on any atom is -0.264 e. The molecule has 0 bridgehead atoms. The van der Waals surface area contributed by atoms with Gasteiger partial charge in [-0.3, -0.25) is 14.6 Å². The van der Waals surface area contributed by atoms with Crippen LogP contribution in [0, 0.1) is 6.92 Å². The molecule has 0 fully saturated rings. The minimum absolute atomic E-state index is 0.666. The Morgan fingerprint density at radius 3 is 2.76 bits per heavy atom. The second-order valence-electron chi connectivity index (χ2n) is 4.51. The van der Waals surface area contributed by atoms with E-state index in [4.69, 9.17) is 0 Å². The van der Waals surface area contributed by atoms with Crippen molar-refractivity contribution in [2.24, 2.45) is 7.05 Å². The van der Waals surface area contributed by atoms with Crippen LogP contribution in [0.3, 0.4) is 0 Å². The van der Waals surface area contributed by atoms with Crippen molar-refractivity contribution < 1.29 is 0 Å². The standard InChI is InChI=1S/C12H10N8S/c1-7-5-9(19(2)17-7)10-15-16-12-20(10)18-11(21-12)8-6-13-3-4-14-8/h3-6H,1-2H3. The monoisotopic (exact) mass is 298 g/mol. The van der Waals surface area contributed by atoms with Crippen molar-refractivity contribution in [1.29, 1.82) is 0 Å². The number of hydrogen-bond donors (Lipinski definition) is 0. The molecule has 21 heavy (non-hydrogen) atoms. The Kier molecular flexibility index (Phi) is 2.54. The van der Waals surface area contributed by atoms with Crippen LogP contribution in [0.4, 0.5) is 0 Å². The molecule has 0 aliphatic rings. The van der Waals surface area contributed by atoms with E-state index in [1.165, 1.54) is 11.3 Å². The Bertz CT molecular complexity index is 919. The van der Waals surface area contributed by atoms with E-state index in [0.29, 0.717) is 10.8 Å². The minimum atomic E-state index is 0.666. The predicted octanol–water partition coefficient (Wildman–Crippen LogP) is 1.35. The average Bonchev–Trinajstić information content (AvgIpc) is 3.13. The summed E-state index contributed by atoms with van der Waals surface area (Å²) < 4.78 is 3.48. The Balaban J connectivity index is 1.89. The number of nitrogens with zero attached hydrogens (tertiary/aromatic N) is 8. The molecule has 0 spiro atoms. The third kappa shape index (κ3) is 1.89. The highest BCUT2D eigenvalue weighted by atomic mass is 32.1. The number of aromatic nitrogens is 8. The van der Waals surface area contributed by atoms with E-state index in [1.807, 2.05) is 20.0 Å². The van der Waals surface area contributed by atoms with Gasteiger partial charge in [0.25, 0.3) is 0 Å². The van der Waals surface area contributed by atoms with Crippen LogP contribution >= 0.6 is 11.3 Å². The summed E-state index contributed by atoms with van der Waals surface area (Å²) in [7, 11) is 1.87. The summed E-state index contributed by atoms with van der Waals surface area (Å²) in [5.74, 6) is 0.666. The van der Waals surface area contributed by atoms with E-state index in [-0.39, 0.29) is 0 Å². The summed E-state index contributed by atoms with van der Waals surface area (Å²) in [4.78, 5) is 9.03. The molecular weight excluding hydrogens is 288 g/mol. The quantitative estimate of drug-likeness (QED) is 0.555. The van der Waals surface area contributed by atoms with Gasteiger partial charge in [-0.25, -0.2) is 0 Å². The summed E-state index contributed by atoms with van der Waals surface area (Å²) in [6, 6.07) is 1.96. The molecule has 0 saturated heterocycles. The first-order chi connectivity index (χ1) is 10.2. The van der Waals surface area contributed by atoms with Crippen LogP contribution in [0.25, 0.3) is 27.2 Å². The molecule has 9 heteroatoms. The average molecular weight is 298 g/mol. The van der Waals surface area contributed by atoms with Gasteiger partial charge in [0.15, 0.2) is 5.01 Å². The second kappa shape index (κ2) is 4.42. The Hall–Kier alpha value is -2.68. The fourth-order valence-corrected chi connectivity index (χ4v) is 2.91. The van der Waals surface area contributed by atoms with Gasteiger partial charge in [-0.1, -0.05) is 11.3 Å². The summed E-state index contributed by atoms with van der Waals surface area (Å²) in [5, 5.41) is 18.0. The van der Waals surface area contributed by atoms with E-state index in [0.717, 1.165) is 22.1 Å². The number of rotatable bonds is 2. The van der Waals surface area contributed by atoms with Crippen LogP contribution in [0.5, 0.6) is 0 Å². The van der Waals surface area contributed by atoms with Crippen LogP contribution in [-0.2, 0) is 7.05 Å². The zero-order chi connectivity index (χ0) is 14.4. The predicted molar refractivity (Wildman–Crippen MR) is 76.6 cm³/mol. The fourth-order valence-electron chi connectivity index (χ4n) is 2.11. The Labute approximate surface area is 123 Å². The molecule has 0 aliphatic heterocycles. The normalized spacial score (nSPS) is 11.3. The van der Waals surface area contributed by atoms with Gasteiger partial charge in [-0.2, -0.15) is 14.7 Å². The van der Waals surface area contributed by atoms with E-state index < -0.39 is 0 Å². The summed E-state index contributed by atoms with van der Waals surface area (Å²) in [6.45, 7) is 1.94. The molecule has 0 saturated carbocycles. The molecule has 0 unspecified atom stereocenters. The molecule has 4 aromatic rings. The smallest absolute Gasteiger partial charge is 0.235 e. The van der Waals surface area contributed by atoms with Crippen molar-refractivity contribution in [3.8, 4) is 22.2 Å².